The van der Waals surface area contributed by atoms with Gasteiger partial charge in [-0.3, -0.25) is 4.98 Å². The number of fused-ring (bicyclic) bond motifs is 1. The SMILES string of the molecule is CCCCCc1nc2cc(-c3ccccc3)ncc2[nH]1. The lowest BCUT2D eigenvalue weighted by Crippen LogP contribution is -1.87. The van der Waals surface area contributed by atoms with Gasteiger partial charge in [-0.1, -0.05) is 50.1 Å². The summed E-state index contributed by atoms with van der Waals surface area (Å²) in [4.78, 5) is 12.6. The predicted octanol–water partition coefficient (Wildman–Crippen LogP) is 4.36. The minimum Gasteiger partial charge on any atom is -0.341 e. The molecule has 0 amide bonds. The number of imidazole rings is 1. The van der Waals surface area contributed by atoms with E-state index in [-0.39, 0.29) is 0 Å². The fourth-order valence-corrected chi connectivity index (χ4v) is 2.39. The zero-order chi connectivity index (χ0) is 13.8. The van der Waals surface area contributed by atoms with Gasteiger partial charge in [-0.05, 0) is 12.5 Å². The summed E-state index contributed by atoms with van der Waals surface area (Å²) in [6, 6.07) is 12.3. The van der Waals surface area contributed by atoms with E-state index >= 15 is 0 Å². The van der Waals surface area contributed by atoms with Gasteiger partial charge >= 0.3 is 0 Å². The summed E-state index contributed by atoms with van der Waals surface area (Å²) in [6.07, 6.45) is 6.58. The Morgan fingerprint density at radius 3 is 2.75 bits per heavy atom. The number of hydrogen-bond acceptors (Lipinski definition) is 2. The average molecular weight is 265 g/mol. The summed E-state index contributed by atoms with van der Waals surface area (Å²) in [5, 5.41) is 0. The topological polar surface area (TPSA) is 41.6 Å². The van der Waals surface area contributed by atoms with Gasteiger partial charge in [-0.25, -0.2) is 4.98 Å². The zero-order valence-corrected chi connectivity index (χ0v) is 11.8. The van der Waals surface area contributed by atoms with Gasteiger partial charge < -0.3 is 4.98 Å². The van der Waals surface area contributed by atoms with E-state index in [0.29, 0.717) is 0 Å². The van der Waals surface area contributed by atoms with Gasteiger partial charge in [-0.15, -0.1) is 0 Å². The first kappa shape index (κ1) is 12.9. The molecule has 0 aliphatic heterocycles. The van der Waals surface area contributed by atoms with Crippen LogP contribution in [-0.2, 0) is 6.42 Å². The molecule has 20 heavy (non-hydrogen) atoms. The highest BCUT2D eigenvalue weighted by Crippen LogP contribution is 2.20. The van der Waals surface area contributed by atoms with Crippen molar-refractivity contribution >= 4 is 11.0 Å². The molecular weight excluding hydrogens is 246 g/mol. The first-order chi connectivity index (χ1) is 9.86. The second-order valence-corrected chi connectivity index (χ2v) is 5.09. The number of rotatable bonds is 5. The van der Waals surface area contributed by atoms with Crippen LogP contribution in [0.4, 0.5) is 0 Å². The summed E-state index contributed by atoms with van der Waals surface area (Å²) in [5.41, 5.74) is 4.14. The smallest absolute Gasteiger partial charge is 0.107 e. The van der Waals surface area contributed by atoms with E-state index in [1.807, 2.05) is 24.4 Å². The summed E-state index contributed by atoms with van der Waals surface area (Å²) in [6.45, 7) is 2.22. The summed E-state index contributed by atoms with van der Waals surface area (Å²) in [7, 11) is 0. The van der Waals surface area contributed by atoms with Gasteiger partial charge in [0.25, 0.3) is 0 Å². The minimum absolute atomic E-state index is 0.977. The van der Waals surface area contributed by atoms with Crippen LogP contribution in [0.3, 0.4) is 0 Å². The summed E-state index contributed by atoms with van der Waals surface area (Å²) in [5.74, 6) is 1.07. The van der Waals surface area contributed by atoms with E-state index in [2.05, 4.69) is 40.1 Å². The summed E-state index contributed by atoms with van der Waals surface area (Å²) >= 11 is 0. The Hall–Kier alpha value is -2.16. The first-order valence-electron chi connectivity index (χ1n) is 7.27. The normalized spacial score (nSPS) is 11.1. The van der Waals surface area contributed by atoms with Crippen LogP contribution in [-0.4, -0.2) is 15.0 Å². The number of unbranched alkanes of at least 4 members (excludes halogenated alkanes) is 2. The fourth-order valence-electron chi connectivity index (χ4n) is 2.39. The van der Waals surface area contributed by atoms with Crippen LogP contribution in [0.5, 0.6) is 0 Å². The molecule has 0 saturated carbocycles. The van der Waals surface area contributed by atoms with Gasteiger partial charge in [0.05, 0.1) is 22.9 Å². The van der Waals surface area contributed by atoms with Crippen molar-refractivity contribution in [3.8, 4) is 11.3 Å². The molecule has 0 unspecified atom stereocenters. The third-order valence-corrected chi connectivity index (χ3v) is 3.50. The molecule has 0 aliphatic rings. The zero-order valence-electron chi connectivity index (χ0n) is 11.8. The second-order valence-electron chi connectivity index (χ2n) is 5.09. The van der Waals surface area contributed by atoms with Crippen molar-refractivity contribution in [1.82, 2.24) is 15.0 Å². The Bertz CT molecular complexity index is 686. The van der Waals surface area contributed by atoms with Crippen LogP contribution in [0.2, 0.25) is 0 Å². The molecule has 3 nitrogen and oxygen atoms in total. The van der Waals surface area contributed by atoms with Crippen molar-refractivity contribution in [2.45, 2.75) is 32.6 Å². The van der Waals surface area contributed by atoms with Gasteiger partial charge in [0.15, 0.2) is 0 Å². The molecule has 0 aliphatic carbocycles. The molecule has 0 atom stereocenters. The van der Waals surface area contributed by atoms with Gasteiger partial charge in [-0.2, -0.15) is 0 Å². The predicted molar refractivity (Wildman–Crippen MR) is 82.6 cm³/mol. The Kier molecular flexibility index (Phi) is 3.77. The van der Waals surface area contributed by atoms with Crippen LogP contribution in [0.25, 0.3) is 22.3 Å². The molecule has 3 heteroatoms. The maximum atomic E-state index is 4.68. The maximum absolute atomic E-state index is 4.68. The van der Waals surface area contributed by atoms with Crippen molar-refractivity contribution < 1.29 is 0 Å². The molecule has 102 valence electrons. The lowest BCUT2D eigenvalue weighted by molar-refractivity contribution is 0.700. The van der Waals surface area contributed by atoms with E-state index in [4.69, 9.17) is 0 Å². The highest BCUT2D eigenvalue weighted by Gasteiger charge is 2.05. The van der Waals surface area contributed by atoms with Crippen molar-refractivity contribution in [3.63, 3.8) is 0 Å². The largest absolute Gasteiger partial charge is 0.341 e. The number of aromatic nitrogens is 3. The molecule has 0 saturated heterocycles. The second kappa shape index (κ2) is 5.87. The number of nitrogens with zero attached hydrogens (tertiary/aromatic N) is 2. The van der Waals surface area contributed by atoms with E-state index in [9.17, 15) is 0 Å². The standard InChI is InChI=1S/C17H19N3/c1-2-3-5-10-17-19-15-11-14(18-12-16(15)20-17)13-8-6-4-7-9-13/h4,6-9,11-12H,2-3,5,10H2,1H3,(H,19,20). The van der Waals surface area contributed by atoms with Crippen LogP contribution >= 0.6 is 0 Å². The number of nitrogens with one attached hydrogen (secondary N) is 1. The van der Waals surface area contributed by atoms with Crippen LogP contribution in [0.15, 0.2) is 42.6 Å². The molecule has 0 radical (unpaired) electrons. The lowest BCUT2D eigenvalue weighted by atomic mass is 10.1. The average Bonchev–Trinajstić information content (AvgIpc) is 2.90. The molecule has 0 spiro atoms. The third kappa shape index (κ3) is 2.72. The Morgan fingerprint density at radius 2 is 1.95 bits per heavy atom. The lowest BCUT2D eigenvalue weighted by Gasteiger charge is -1.99. The van der Waals surface area contributed by atoms with Gasteiger partial charge in [0.2, 0.25) is 0 Å². The molecule has 3 rings (SSSR count). The molecule has 0 bridgehead atoms. The van der Waals surface area contributed by atoms with E-state index in [1.54, 1.807) is 0 Å². The van der Waals surface area contributed by atoms with Crippen molar-refractivity contribution in [3.05, 3.63) is 48.4 Å². The minimum atomic E-state index is 0.977. The van der Waals surface area contributed by atoms with Crippen LogP contribution in [0.1, 0.15) is 32.0 Å². The number of aryl methyl sites for hydroxylation is 1. The molecular formula is C17H19N3. The number of aromatic amines is 1. The molecule has 0 fully saturated rings. The first-order valence-corrected chi connectivity index (χ1v) is 7.27. The maximum Gasteiger partial charge on any atom is 0.107 e. The number of H-pyrrole nitrogens is 1. The Balaban J connectivity index is 1.88. The third-order valence-electron chi connectivity index (χ3n) is 3.50. The molecule has 1 aromatic carbocycles. The summed E-state index contributed by atoms with van der Waals surface area (Å²) < 4.78 is 0. The van der Waals surface area contributed by atoms with Crippen LogP contribution in [0, 0.1) is 0 Å². The molecule has 2 aromatic heterocycles. The van der Waals surface area contributed by atoms with E-state index in [0.717, 1.165) is 34.5 Å². The van der Waals surface area contributed by atoms with Crippen molar-refractivity contribution in [2.24, 2.45) is 0 Å². The Morgan fingerprint density at radius 1 is 1.10 bits per heavy atom. The van der Waals surface area contributed by atoms with Crippen LogP contribution < -0.4 is 0 Å². The highest BCUT2D eigenvalue weighted by atomic mass is 14.9. The molecule has 1 N–H and O–H groups in total. The van der Waals surface area contributed by atoms with Gasteiger partial charge in [0.1, 0.15) is 5.82 Å². The van der Waals surface area contributed by atoms with Crippen molar-refractivity contribution in [2.75, 3.05) is 0 Å². The number of pyridine rings is 1. The monoisotopic (exact) mass is 265 g/mol. The number of benzene rings is 1. The van der Waals surface area contributed by atoms with Crippen molar-refractivity contribution in [1.29, 1.82) is 0 Å². The number of hydrogen-bond donors (Lipinski definition) is 1. The fraction of sp³-hybridized carbons (Fsp3) is 0.294. The molecule has 2 heterocycles. The highest BCUT2D eigenvalue weighted by molar-refractivity contribution is 5.79. The Labute approximate surface area is 119 Å². The molecule has 3 aromatic rings. The quantitative estimate of drug-likeness (QED) is 0.696. The van der Waals surface area contributed by atoms with Gasteiger partial charge in [0, 0.05) is 12.0 Å². The van der Waals surface area contributed by atoms with E-state index < -0.39 is 0 Å². The van der Waals surface area contributed by atoms with E-state index in [1.165, 1.54) is 19.3 Å².